The first-order chi connectivity index (χ1) is 17.6. The van der Waals surface area contributed by atoms with Crippen LogP contribution in [0.1, 0.15) is 85.1 Å². The summed E-state index contributed by atoms with van der Waals surface area (Å²) in [5, 5.41) is 8.31. The van der Waals surface area contributed by atoms with Crippen LogP contribution in [0.15, 0.2) is 30.3 Å². The molecule has 0 aromatic heterocycles. The molecule has 3 N–H and O–H groups in total. The quantitative estimate of drug-likeness (QED) is 0.325. The third-order valence-corrected chi connectivity index (χ3v) is 6.80. The van der Waals surface area contributed by atoms with Gasteiger partial charge in [-0.2, -0.15) is 0 Å². The van der Waals surface area contributed by atoms with Crippen LogP contribution in [0.3, 0.4) is 0 Å². The van der Waals surface area contributed by atoms with Crippen molar-refractivity contribution in [2.75, 3.05) is 0 Å². The van der Waals surface area contributed by atoms with Crippen molar-refractivity contribution >= 4 is 23.7 Å². The van der Waals surface area contributed by atoms with Crippen molar-refractivity contribution in [2.45, 2.75) is 110 Å². The molecule has 2 rings (SSSR count). The number of hydrogen-bond acceptors (Lipinski definition) is 5. The number of rotatable bonds is 10. The smallest absolute Gasteiger partial charge is 0.328 e. The van der Waals surface area contributed by atoms with E-state index in [1.807, 2.05) is 51.1 Å². The maximum absolute atomic E-state index is 13.2. The van der Waals surface area contributed by atoms with E-state index >= 15 is 0 Å². The zero-order valence-corrected chi connectivity index (χ0v) is 23.0. The van der Waals surface area contributed by atoms with E-state index in [4.69, 9.17) is 4.74 Å². The lowest BCUT2D eigenvalue weighted by Gasteiger charge is -2.27. The van der Waals surface area contributed by atoms with Crippen molar-refractivity contribution in [2.24, 2.45) is 11.8 Å². The van der Waals surface area contributed by atoms with Crippen molar-refractivity contribution in [3.05, 3.63) is 35.9 Å². The number of esters is 1. The Bertz CT molecular complexity index is 889. The van der Waals surface area contributed by atoms with E-state index in [0.29, 0.717) is 6.42 Å². The van der Waals surface area contributed by atoms with Gasteiger partial charge in [-0.05, 0) is 37.2 Å². The lowest BCUT2D eigenvalue weighted by molar-refractivity contribution is -0.157. The molecule has 37 heavy (non-hydrogen) atoms. The molecule has 0 saturated carbocycles. The summed E-state index contributed by atoms with van der Waals surface area (Å²) in [5.74, 6) is -1.74. The van der Waals surface area contributed by atoms with E-state index in [1.165, 1.54) is 0 Å². The Balaban J connectivity index is 2.32. The van der Waals surface area contributed by atoms with Gasteiger partial charge in [-0.1, -0.05) is 83.7 Å². The summed E-state index contributed by atoms with van der Waals surface area (Å²) in [5.41, 5.74) is 0.883. The number of hydrogen-bond donors (Lipinski definition) is 3. The Hall–Kier alpha value is -2.90. The molecule has 0 bridgehead atoms. The van der Waals surface area contributed by atoms with Crippen LogP contribution >= 0.6 is 0 Å². The van der Waals surface area contributed by atoms with Crippen molar-refractivity contribution in [1.29, 1.82) is 0 Å². The number of benzene rings is 1. The van der Waals surface area contributed by atoms with E-state index in [0.717, 1.165) is 37.7 Å². The first-order valence-electron chi connectivity index (χ1n) is 13.7. The summed E-state index contributed by atoms with van der Waals surface area (Å²) in [6.45, 7) is 9.62. The summed E-state index contributed by atoms with van der Waals surface area (Å²) >= 11 is 0. The average molecular weight is 516 g/mol. The summed E-state index contributed by atoms with van der Waals surface area (Å²) in [4.78, 5) is 52.5. The molecule has 0 spiro atoms. The van der Waals surface area contributed by atoms with E-state index in [-0.39, 0.29) is 30.6 Å². The molecule has 206 valence electrons. The summed E-state index contributed by atoms with van der Waals surface area (Å²) in [6.07, 6.45) is 5.10. The van der Waals surface area contributed by atoms with Gasteiger partial charge in [0, 0.05) is 6.42 Å². The fraction of sp³-hybridized carbons (Fsp3) is 0.655. The molecule has 8 heteroatoms. The van der Waals surface area contributed by atoms with Crippen LogP contribution in [-0.2, 0) is 30.3 Å². The van der Waals surface area contributed by atoms with Crippen LogP contribution in [0.4, 0.5) is 0 Å². The molecule has 0 unspecified atom stereocenters. The number of nitrogens with one attached hydrogen (secondary N) is 3. The van der Waals surface area contributed by atoms with Gasteiger partial charge in [0.15, 0.2) is 0 Å². The van der Waals surface area contributed by atoms with Crippen LogP contribution in [0.5, 0.6) is 0 Å². The Morgan fingerprint density at radius 3 is 2.24 bits per heavy atom. The van der Waals surface area contributed by atoms with Crippen molar-refractivity contribution in [1.82, 2.24) is 16.0 Å². The van der Waals surface area contributed by atoms with Gasteiger partial charge in [0.25, 0.3) is 0 Å². The summed E-state index contributed by atoms with van der Waals surface area (Å²) < 4.78 is 5.91. The lowest BCUT2D eigenvalue weighted by atomic mass is 9.94. The molecule has 1 aliphatic heterocycles. The highest BCUT2D eigenvalue weighted by Crippen LogP contribution is 2.21. The van der Waals surface area contributed by atoms with Gasteiger partial charge in [-0.25, -0.2) is 4.79 Å². The topological polar surface area (TPSA) is 114 Å². The number of amides is 3. The van der Waals surface area contributed by atoms with E-state index in [1.54, 1.807) is 6.92 Å². The van der Waals surface area contributed by atoms with Crippen LogP contribution in [0.25, 0.3) is 0 Å². The molecular formula is C29H45N3O5. The van der Waals surface area contributed by atoms with Crippen LogP contribution in [0.2, 0.25) is 0 Å². The normalized spacial score (nSPS) is 24.6. The zero-order valence-electron chi connectivity index (χ0n) is 23.0. The van der Waals surface area contributed by atoms with Crippen LogP contribution in [-0.4, -0.2) is 47.9 Å². The maximum atomic E-state index is 13.2. The number of unbranched alkanes of at least 4 members (excludes halogenated alkanes) is 3. The van der Waals surface area contributed by atoms with Crippen LogP contribution < -0.4 is 16.0 Å². The van der Waals surface area contributed by atoms with Gasteiger partial charge in [0.2, 0.25) is 17.7 Å². The van der Waals surface area contributed by atoms with Crippen molar-refractivity contribution in [3.63, 3.8) is 0 Å². The largest absolute Gasteiger partial charge is 0.460 e. The minimum Gasteiger partial charge on any atom is -0.460 e. The molecule has 1 fully saturated rings. The molecule has 0 aliphatic carbocycles. The predicted molar refractivity (Wildman–Crippen MR) is 143 cm³/mol. The van der Waals surface area contributed by atoms with E-state index in [2.05, 4.69) is 22.9 Å². The minimum atomic E-state index is -0.890. The number of cyclic esters (lactones) is 1. The fourth-order valence-electron chi connectivity index (χ4n) is 4.53. The minimum absolute atomic E-state index is 0.0445. The van der Waals surface area contributed by atoms with Crippen molar-refractivity contribution in [3.8, 4) is 0 Å². The Labute approximate surface area is 221 Å². The van der Waals surface area contributed by atoms with E-state index < -0.39 is 42.0 Å². The Morgan fingerprint density at radius 2 is 1.59 bits per heavy atom. The molecule has 5 atom stereocenters. The van der Waals surface area contributed by atoms with Crippen molar-refractivity contribution < 1.29 is 23.9 Å². The number of carbonyl (C=O) groups is 4. The zero-order chi connectivity index (χ0) is 27.4. The highest BCUT2D eigenvalue weighted by molar-refractivity contribution is 5.94. The van der Waals surface area contributed by atoms with Gasteiger partial charge in [-0.3, -0.25) is 14.4 Å². The maximum Gasteiger partial charge on any atom is 0.328 e. The van der Waals surface area contributed by atoms with Gasteiger partial charge < -0.3 is 20.7 Å². The predicted octanol–water partition coefficient (Wildman–Crippen LogP) is 3.67. The van der Waals surface area contributed by atoms with Gasteiger partial charge in [0.1, 0.15) is 24.2 Å². The van der Waals surface area contributed by atoms with E-state index in [9.17, 15) is 19.2 Å². The highest BCUT2D eigenvalue weighted by Gasteiger charge is 2.33. The first-order valence-corrected chi connectivity index (χ1v) is 13.7. The second-order valence-electron chi connectivity index (χ2n) is 10.7. The number of carbonyl (C=O) groups excluding carboxylic acids is 4. The summed E-state index contributed by atoms with van der Waals surface area (Å²) in [6, 6.07) is 6.78. The van der Waals surface area contributed by atoms with Gasteiger partial charge >= 0.3 is 5.97 Å². The molecule has 0 radical (unpaired) electrons. The third kappa shape index (κ3) is 10.5. The lowest BCUT2D eigenvalue weighted by Crippen LogP contribution is -2.55. The molecule has 1 aromatic rings. The molecule has 1 saturated heterocycles. The molecule has 8 nitrogen and oxygen atoms in total. The van der Waals surface area contributed by atoms with Gasteiger partial charge in [-0.15, -0.1) is 0 Å². The van der Waals surface area contributed by atoms with Gasteiger partial charge in [0.05, 0.1) is 6.42 Å². The second-order valence-corrected chi connectivity index (χ2v) is 10.7. The molecular weight excluding hydrogens is 470 g/mol. The monoisotopic (exact) mass is 515 g/mol. The first kappa shape index (κ1) is 30.3. The molecule has 1 aliphatic rings. The second kappa shape index (κ2) is 15.4. The molecule has 3 amide bonds. The molecule has 1 heterocycles. The Kier molecular flexibility index (Phi) is 12.6. The SMILES string of the molecule is CCCCCC[C@@H](C)[C@H]1CC(=O)N[C@H](Cc2ccccc2)C(=O)N[C@H](C)C(=O)N[C@@H](CC(C)C)C(=O)O1. The average Bonchev–Trinajstić information content (AvgIpc) is 2.85. The van der Waals surface area contributed by atoms with Crippen LogP contribution in [0, 0.1) is 11.8 Å². The standard InChI is InChI=1S/C29H45N3O5/c1-6-7-8-10-13-20(4)25-18-26(33)31-23(17-22-14-11-9-12-15-22)28(35)30-21(5)27(34)32-24(16-19(2)3)29(36)37-25/h9,11-12,14-15,19-21,23-25H,6-8,10,13,16-18H2,1-5H3,(H,30,35)(H,31,33)(H,32,34)/t20-,21-,23-,24+,25-/m1/s1. The number of ether oxygens (including phenoxy) is 1. The fourth-order valence-corrected chi connectivity index (χ4v) is 4.53. The third-order valence-electron chi connectivity index (χ3n) is 6.80. The molecule has 1 aromatic carbocycles. The Morgan fingerprint density at radius 1 is 0.892 bits per heavy atom. The highest BCUT2D eigenvalue weighted by atomic mass is 16.5. The summed E-state index contributed by atoms with van der Waals surface area (Å²) in [7, 11) is 0.